The summed E-state index contributed by atoms with van der Waals surface area (Å²) in [6.07, 6.45) is 6.00. The Bertz CT molecular complexity index is 2580. The Kier molecular flexibility index (Phi) is 23.8. The molecule has 0 bridgehead atoms. The highest BCUT2D eigenvalue weighted by molar-refractivity contribution is 6.12. The maximum absolute atomic E-state index is 15.2. The van der Waals surface area contributed by atoms with Gasteiger partial charge in [0.15, 0.2) is 5.78 Å². The summed E-state index contributed by atoms with van der Waals surface area (Å²) in [7, 11) is 0. The molecule has 1 aromatic heterocycles. The molecule has 420 valence electrons. The molecule has 0 saturated heterocycles. The van der Waals surface area contributed by atoms with Crippen LogP contribution in [0.3, 0.4) is 0 Å². The smallest absolute Gasteiger partial charge is 0.326 e. The fraction of sp³-hybridized carbons (Fsp3) is 0.518. The second kappa shape index (κ2) is 29.4. The highest BCUT2D eigenvalue weighted by atomic mass is 19.1. The van der Waals surface area contributed by atoms with Crippen molar-refractivity contribution in [2.45, 2.75) is 143 Å². The lowest BCUT2D eigenvalue weighted by atomic mass is 9.82. The van der Waals surface area contributed by atoms with E-state index in [9.17, 15) is 57.8 Å². The largest absolute Gasteiger partial charge is 0.480 e. The number of amides is 7. The molecule has 1 aliphatic heterocycles. The molecule has 2 heterocycles. The number of nitrogens with two attached hydrogens (primary N) is 1. The van der Waals surface area contributed by atoms with E-state index in [2.05, 4.69) is 21.3 Å². The molecule has 0 radical (unpaired) electrons. The number of ketones is 1. The first kappa shape index (κ1) is 62.4. The molecule has 0 unspecified atom stereocenters. The van der Waals surface area contributed by atoms with E-state index in [-0.39, 0.29) is 80.9 Å². The van der Waals surface area contributed by atoms with E-state index in [4.69, 9.17) is 5.73 Å². The first-order valence-corrected chi connectivity index (χ1v) is 26.1. The van der Waals surface area contributed by atoms with Crippen LogP contribution in [-0.4, -0.2) is 128 Å². The van der Waals surface area contributed by atoms with E-state index in [0.29, 0.717) is 43.5 Å². The third-order valence-electron chi connectivity index (χ3n) is 13.3. The number of hydrogen-bond donors (Lipinski definition) is 7. The van der Waals surface area contributed by atoms with Crippen molar-refractivity contribution in [1.82, 2.24) is 35.6 Å². The van der Waals surface area contributed by atoms with Gasteiger partial charge in [-0.2, -0.15) is 0 Å². The Balaban J connectivity index is 1.25. The van der Waals surface area contributed by atoms with Gasteiger partial charge in [-0.05, 0) is 86.6 Å². The summed E-state index contributed by atoms with van der Waals surface area (Å²) in [5.41, 5.74) is 7.46. The number of halogens is 2. The van der Waals surface area contributed by atoms with Crippen LogP contribution in [0.5, 0.6) is 0 Å². The molecule has 0 saturated carbocycles. The van der Waals surface area contributed by atoms with Crippen LogP contribution in [0.25, 0.3) is 11.1 Å². The molecule has 0 spiro atoms. The van der Waals surface area contributed by atoms with Crippen molar-refractivity contribution in [3.05, 3.63) is 95.8 Å². The number of unbranched alkanes of at least 4 members (excludes halogenated alkanes) is 3. The highest BCUT2D eigenvalue weighted by Gasteiger charge is 2.38. The Morgan fingerprint density at radius 2 is 1.47 bits per heavy atom. The lowest BCUT2D eigenvalue weighted by molar-refractivity contribution is -0.143. The maximum Gasteiger partial charge on any atom is 0.326 e. The number of aliphatic carboxylic acids is 1. The lowest BCUT2D eigenvalue weighted by Gasteiger charge is -2.41. The van der Waals surface area contributed by atoms with Crippen molar-refractivity contribution < 1.29 is 62.1 Å². The maximum atomic E-state index is 15.2. The molecular weight excluding hydrogens is 999 g/mol. The van der Waals surface area contributed by atoms with Crippen LogP contribution in [0.15, 0.2) is 72.9 Å². The number of carbonyl (C=O) groups excluding carboxylic acids is 8. The van der Waals surface area contributed by atoms with Gasteiger partial charge in [-0.3, -0.25) is 43.3 Å². The minimum atomic E-state index is -1.29. The predicted molar refractivity (Wildman–Crippen MR) is 283 cm³/mol. The van der Waals surface area contributed by atoms with Crippen LogP contribution in [0.1, 0.15) is 124 Å². The van der Waals surface area contributed by atoms with Crippen molar-refractivity contribution in [2.75, 3.05) is 26.2 Å². The molecule has 21 heteroatoms. The third kappa shape index (κ3) is 18.8. The number of carbonyl (C=O) groups is 9. The Hall–Kier alpha value is -7.13. The number of aliphatic hydroxyl groups is 1. The number of imide groups is 1. The van der Waals surface area contributed by atoms with E-state index in [1.54, 1.807) is 26.1 Å². The number of aliphatic hydroxyl groups excluding tert-OH is 1. The van der Waals surface area contributed by atoms with E-state index < -0.39 is 95.2 Å². The number of nitrogens with zero attached hydrogens (tertiary/aromatic N) is 3. The molecule has 8 N–H and O–H groups in total. The molecule has 3 aromatic rings. The standard InChI is InChI=1S/C56H76F2N8O11/c1-34(2)50(63-46(69)19-12-9-15-26-65-47(70)22-23-48(65)71)45(68)28-35(3)52(73)62-43(55(76)77)18-13-14-25-60-53(74)36(4)61-54(75)42(59)24-27-66(49(72)33-67)51(56(5,6)7)44-29-38(40-30-39(57)20-21-41(40)58)32-64(44)31-37-16-10-8-11-17-37/h8,10-11,16-17,20-23,29-30,32,34-36,42-43,50-51,67H,9,12-15,18-19,24-28,31,33,59H2,1-7H3,(H,60,74)(H,61,75)(H,62,73)(H,63,69)(H,76,77)/t35-,36-,42+,43+,50+,51+/m1/s1. The summed E-state index contributed by atoms with van der Waals surface area (Å²) in [6, 6.07) is 9.02. The fourth-order valence-electron chi connectivity index (χ4n) is 9.07. The summed E-state index contributed by atoms with van der Waals surface area (Å²) in [6.45, 7) is 11.8. The number of benzene rings is 2. The summed E-state index contributed by atoms with van der Waals surface area (Å²) >= 11 is 0. The third-order valence-corrected chi connectivity index (χ3v) is 13.3. The Morgan fingerprint density at radius 1 is 0.792 bits per heavy atom. The summed E-state index contributed by atoms with van der Waals surface area (Å²) in [4.78, 5) is 117. The molecule has 4 rings (SSSR count). The average molecular weight is 1080 g/mol. The van der Waals surface area contributed by atoms with Gasteiger partial charge in [-0.15, -0.1) is 0 Å². The average Bonchev–Trinajstić information content (AvgIpc) is 3.93. The summed E-state index contributed by atoms with van der Waals surface area (Å²) in [5, 5.41) is 30.6. The van der Waals surface area contributed by atoms with Gasteiger partial charge in [0.25, 0.3) is 11.8 Å². The van der Waals surface area contributed by atoms with Gasteiger partial charge in [0.05, 0.1) is 18.1 Å². The zero-order valence-corrected chi connectivity index (χ0v) is 45.1. The van der Waals surface area contributed by atoms with Crippen LogP contribution in [0.4, 0.5) is 8.78 Å². The summed E-state index contributed by atoms with van der Waals surface area (Å²) < 4.78 is 31.4. The van der Waals surface area contributed by atoms with Crippen molar-refractivity contribution in [3.63, 3.8) is 0 Å². The van der Waals surface area contributed by atoms with E-state index >= 15 is 4.39 Å². The van der Waals surface area contributed by atoms with Crippen LogP contribution in [-0.2, 0) is 49.7 Å². The molecule has 0 aliphatic carbocycles. The number of rotatable bonds is 31. The van der Waals surface area contributed by atoms with Crippen LogP contribution in [0, 0.1) is 28.9 Å². The highest BCUT2D eigenvalue weighted by Crippen LogP contribution is 2.41. The first-order chi connectivity index (χ1) is 36.3. The van der Waals surface area contributed by atoms with Gasteiger partial charge < -0.3 is 46.7 Å². The predicted octanol–water partition coefficient (Wildman–Crippen LogP) is 4.69. The molecule has 0 fully saturated rings. The van der Waals surface area contributed by atoms with Crippen LogP contribution in [0.2, 0.25) is 0 Å². The van der Waals surface area contributed by atoms with Gasteiger partial charge in [0.1, 0.15) is 30.3 Å². The van der Waals surface area contributed by atoms with Crippen molar-refractivity contribution >= 4 is 53.1 Å². The normalized spacial score (nSPS) is 14.8. The number of nitrogens with one attached hydrogen (secondary N) is 4. The number of carboxylic acid groups (broad SMARTS) is 1. The first-order valence-electron chi connectivity index (χ1n) is 26.1. The second-order valence-corrected chi connectivity index (χ2v) is 21.0. The van der Waals surface area contributed by atoms with Gasteiger partial charge >= 0.3 is 5.97 Å². The molecule has 6 atom stereocenters. The molecule has 1 aliphatic rings. The Morgan fingerprint density at radius 3 is 2.09 bits per heavy atom. The number of carboxylic acids is 1. The van der Waals surface area contributed by atoms with Gasteiger partial charge in [0.2, 0.25) is 29.5 Å². The van der Waals surface area contributed by atoms with E-state index in [1.807, 2.05) is 55.7 Å². The fourth-order valence-corrected chi connectivity index (χ4v) is 9.07. The zero-order chi connectivity index (χ0) is 57.1. The SMILES string of the molecule is CC(C)[C@H](NC(=O)CCCCCN1C(=O)C=CC1=O)C(=O)C[C@@H](C)C(=O)N[C@@H](CCCCNC(=O)[C@@H](C)NC(=O)[C@@H](N)CCN(C(=O)CO)[C@@H](c1cc(-c2cc(F)ccc2F)cn1Cc1ccccc1)C(C)(C)C)C(=O)O. The van der Waals surface area contributed by atoms with Crippen molar-refractivity contribution in [3.8, 4) is 11.1 Å². The molecular formula is C56H76F2N8O11. The Labute approximate surface area is 448 Å². The van der Waals surface area contributed by atoms with Crippen LogP contribution < -0.4 is 27.0 Å². The molecule has 19 nitrogen and oxygen atoms in total. The topological polar surface area (TPSA) is 280 Å². The van der Waals surface area contributed by atoms with Gasteiger partial charge in [-0.25, -0.2) is 13.6 Å². The summed E-state index contributed by atoms with van der Waals surface area (Å²) in [5.74, 6) is -7.86. The number of Topliss-reactive ketones (excluding diaryl/α,β-unsaturated/α-hetero) is 1. The number of hydrogen-bond acceptors (Lipinski definition) is 11. The van der Waals surface area contributed by atoms with Gasteiger partial charge in [0, 0.05) is 80.1 Å². The lowest BCUT2D eigenvalue weighted by Crippen LogP contribution is -2.52. The number of aromatic nitrogens is 1. The zero-order valence-electron chi connectivity index (χ0n) is 45.1. The minimum Gasteiger partial charge on any atom is -0.480 e. The molecule has 77 heavy (non-hydrogen) atoms. The molecule has 7 amide bonds. The van der Waals surface area contributed by atoms with Crippen LogP contribution >= 0.6 is 0 Å². The van der Waals surface area contributed by atoms with Crippen molar-refractivity contribution in [2.24, 2.45) is 23.0 Å². The quantitative estimate of drug-likeness (QED) is 0.0342. The molecule has 2 aromatic carbocycles. The minimum absolute atomic E-state index is 0.00240. The second-order valence-electron chi connectivity index (χ2n) is 21.0. The van der Waals surface area contributed by atoms with E-state index in [1.165, 1.54) is 30.9 Å². The van der Waals surface area contributed by atoms with Crippen molar-refractivity contribution in [1.29, 1.82) is 0 Å². The monoisotopic (exact) mass is 1070 g/mol. The van der Waals surface area contributed by atoms with E-state index in [0.717, 1.165) is 28.7 Å². The van der Waals surface area contributed by atoms with Gasteiger partial charge in [-0.1, -0.05) is 78.3 Å².